The summed E-state index contributed by atoms with van der Waals surface area (Å²) in [6.45, 7) is 4.55. The van der Waals surface area contributed by atoms with Crippen LogP contribution >= 0.6 is 11.3 Å². The third-order valence-corrected chi connectivity index (χ3v) is 2.53. The minimum Gasteiger partial charge on any atom is -0.475 e. The third kappa shape index (κ3) is 3.67. The molecular formula is C11H14N4OS. The molecule has 0 bridgehead atoms. The summed E-state index contributed by atoms with van der Waals surface area (Å²) in [5.41, 5.74) is 2.78. The first kappa shape index (κ1) is 11.8. The maximum atomic E-state index is 5.49. The minimum atomic E-state index is 0.108. The highest BCUT2D eigenvalue weighted by molar-refractivity contribution is 7.07. The first-order valence-corrected chi connectivity index (χ1v) is 6.29. The van der Waals surface area contributed by atoms with Gasteiger partial charge in [0.05, 0.1) is 23.9 Å². The molecule has 0 aliphatic rings. The van der Waals surface area contributed by atoms with Crippen LogP contribution in [0.4, 0.5) is 5.95 Å². The Bertz CT molecular complexity index is 458. The fraction of sp³-hybridized carbons (Fsp3) is 0.364. The van der Waals surface area contributed by atoms with Crippen LogP contribution in [0.25, 0.3) is 0 Å². The topological polar surface area (TPSA) is 59.9 Å². The number of nitrogens with one attached hydrogen (secondary N) is 1. The van der Waals surface area contributed by atoms with Crippen LogP contribution in [0.2, 0.25) is 0 Å². The summed E-state index contributed by atoms with van der Waals surface area (Å²) in [4.78, 5) is 12.5. The standard InChI is InChI=1S/C11H14N4OS/c1-8(2)16-10-3-4-12-11(15-10)13-5-9-6-17-7-14-9/h3-4,6-8H,5H2,1-2H3,(H,12,13,15). The SMILES string of the molecule is CC(C)Oc1ccnc(NCc2cscn2)n1. The molecule has 0 aliphatic carbocycles. The van der Waals surface area contributed by atoms with Gasteiger partial charge in [-0.3, -0.25) is 0 Å². The van der Waals surface area contributed by atoms with Crippen LogP contribution in [0.1, 0.15) is 19.5 Å². The lowest BCUT2D eigenvalue weighted by molar-refractivity contribution is 0.232. The number of hydrogen-bond donors (Lipinski definition) is 1. The molecule has 0 unspecified atom stereocenters. The van der Waals surface area contributed by atoms with Gasteiger partial charge in [0, 0.05) is 17.6 Å². The number of aromatic nitrogens is 3. The zero-order chi connectivity index (χ0) is 12.1. The van der Waals surface area contributed by atoms with Crippen molar-refractivity contribution in [1.29, 1.82) is 0 Å². The van der Waals surface area contributed by atoms with Crippen LogP contribution < -0.4 is 10.1 Å². The van der Waals surface area contributed by atoms with Gasteiger partial charge in [-0.25, -0.2) is 9.97 Å². The molecule has 0 aromatic carbocycles. The van der Waals surface area contributed by atoms with Crippen LogP contribution in [0.3, 0.4) is 0 Å². The Morgan fingerprint density at radius 1 is 1.41 bits per heavy atom. The molecule has 1 N–H and O–H groups in total. The fourth-order valence-corrected chi connectivity index (χ4v) is 1.79. The molecule has 2 aromatic rings. The fourth-order valence-electron chi connectivity index (χ4n) is 1.23. The quantitative estimate of drug-likeness (QED) is 0.882. The van der Waals surface area contributed by atoms with Crippen LogP contribution in [0.15, 0.2) is 23.2 Å². The lowest BCUT2D eigenvalue weighted by Crippen LogP contribution is -2.09. The molecule has 5 nitrogen and oxygen atoms in total. The highest BCUT2D eigenvalue weighted by Gasteiger charge is 2.02. The smallest absolute Gasteiger partial charge is 0.226 e. The first-order valence-electron chi connectivity index (χ1n) is 5.34. The van der Waals surface area contributed by atoms with E-state index in [2.05, 4.69) is 20.3 Å². The Labute approximate surface area is 104 Å². The van der Waals surface area contributed by atoms with Gasteiger partial charge in [0.2, 0.25) is 11.8 Å². The molecule has 17 heavy (non-hydrogen) atoms. The van der Waals surface area contributed by atoms with E-state index < -0.39 is 0 Å². The average Bonchev–Trinajstić information content (AvgIpc) is 2.79. The van der Waals surface area contributed by atoms with E-state index in [1.54, 1.807) is 29.1 Å². The molecule has 0 aliphatic heterocycles. The van der Waals surface area contributed by atoms with Gasteiger partial charge in [-0.2, -0.15) is 4.98 Å². The summed E-state index contributed by atoms with van der Waals surface area (Å²) in [7, 11) is 0. The highest BCUT2D eigenvalue weighted by Crippen LogP contribution is 2.11. The van der Waals surface area contributed by atoms with Crippen LogP contribution in [-0.4, -0.2) is 21.1 Å². The van der Waals surface area contributed by atoms with Gasteiger partial charge in [0.25, 0.3) is 0 Å². The normalized spacial score (nSPS) is 10.5. The van der Waals surface area contributed by atoms with Crippen molar-refractivity contribution in [2.45, 2.75) is 26.5 Å². The Hall–Kier alpha value is -1.69. The lowest BCUT2D eigenvalue weighted by atomic mass is 10.5. The summed E-state index contributed by atoms with van der Waals surface area (Å²) >= 11 is 1.57. The Balaban J connectivity index is 1.96. The molecule has 2 heterocycles. The van der Waals surface area contributed by atoms with Crippen LogP contribution in [0.5, 0.6) is 5.88 Å². The Kier molecular flexibility index (Phi) is 3.87. The summed E-state index contributed by atoms with van der Waals surface area (Å²) in [6, 6.07) is 1.74. The van der Waals surface area contributed by atoms with Crippen LogP contribution in [0, 0.1) is 0 Å². The van der Waals surface area contributed by atoms with E-state index in [9.17, 15) is 0 Å². The molecule has 0 fully saturated rings. The Morgan fingerprint density at radius 3 is 3.00 bits per heavy atom. The van der Waals surface area contributed by atoms with Gasteiger partial charge in [-0.15, -0.1) is 11.3 Å². The van der Waals surface area contributed by atoms with E-state index in [0.717, 1.165) is 5.69 Å². The molecular weight excluding hydrogens is 236 g/mol. The van der Waals surface area contributed by atoms with E-state index in [4.69, 9.17) is 4.74 Å². The number of nitrogens with zero attached hydrogens (tertiary/aromatic N) is 3. The Morgan fingerprint density at radius 2 is 2.29 bits per heavy atom. The van der Waals surface area contributed by atoms with E-state index in [-0.39, 0.29) is 6.10 Å². The maximum Gasteiger partial charge on any atom is 0.226 e. The van der Waals surface area contributed by atoms with E-state index >= 15 is 0 Å². The predicted octanol–water partition coefficient (Wildman–Crippen LogP) is 2.33. The largest absolute Gasteiger partial charge is 0.475 e. The number of ether oxygens (including phenoxy) is 1. The molecule has 0 spiro atoms. The van der Waals surface area contributed by atoms with Crippen molar-refractivity contribution in [3.63, 3.8) is 0 Å². The molecule has 0 radical (unpaired) electrons. The van der Waals surface area contributed by atoms with E-state index in [1.807, 2.05) is 19.2 Å². The average molecular weight is 250 g/mol. The van der Waals surface area contributed by atoms with Crippen molar-refractivity contribution in [2.24, 2.45) is 0 Å². The van der Waals surface area contributed by atoms with Gasteiger partial charge in [0.1, 0.15) is 0 Å². The molecule has 6 heteroatoms. The molecule has 0 saturated carbocycles. The molecule has 2 rings (SSSR count). The van der Waals surface area contributed by atoms with Gasteiger partial charge in [0.15, 0.2) is 0 Å². The molecule has 90 valence electrons. The van der Waals surface area contributed by atoms with Crippen molar-refractivity contribution in [1.82, 2.24) is 15.0 Å². The third-order valence-electron chi connectivity index (χ3n) is 1.90. The van der Waals surface area contributed by atoms with E-state index in [0.29, 0.717) is 18.4 Å². The zero-order valence-corrected chi connectivity index (χ0v) is 10.6. The molecule has 0 saturated heterocycles. The van der Waals surface area contributed by atoms with Gasteiger partial charge >= 0.3 is 0 Å². The van der Waals surface area contributed by atoms with Crippen molar-refractivity contribution in [3.05, 3.63) is 28.8 Å². The lowest BCUT2D eigenvalue weighted by Gasteiger charge is -2.09. The second-order valence-electron chi connectivity index (χ2n) is 3.72. The van der Waals surface area contributed by atoms with Crippen molar-refractivity contribution in [2.75, 3.05) is 5.32 Å². The summed E-state index contributed by atoms with van der Waals surface area (Å²) in [5.74, 6) is 1.13. The molecule has 0 atom stereocenters. The van der Waals surface area contributed by atoms with Crippen LogP contribution in [-0.2, 0) is 6.54 Å². The first-order chi connectivity index (χ1) is 8.24. The summed E-state index contributed by atoms with van der Waals surface area (Å²) in [6.07, 6.45) is 1.78. The maximum absolute atomic E-state index is 5.49. The van der Waals surface area contributed by atoms with Gasteiger partial charge in [-0.05, 0) is 13.8 Å². The zero-order valence-electron chi connectivity index (χ0n) is 9.75. The van der Waals surface area contributed by atoms with Crippen molar-refractivity contribution < 1.29 is 4.74 Å². The van der Waals surface area contributed by atoms with Gasteiger partial charge < -0.3 is 10.1 Å². The second-order valence-corrected chi connectivity index (χ2v) is 4.44. The second kappa shape index (κ2) is 5.58. The minimum absolute atomic E-state index is 0.108. The van der Waals surface area contributed by atoms with Crippen molar-refractivity contribution in [3.8, 4) is 5.88 Å². The van der Waals surface area contributed by atoms with E-state index in [1.165, 1.54) is 0 Å². The molecule has 2 aromatic heterocycles. The number of hydrogen-bond acceptors (Lipinski definition) is 6. The highest BCUT2D eigenvalue weighted by atomic mass is 32.1. The summed E-state index contributed by atoms with van der Waals surface area (Å²) in [5, 5.41) is 5.09. The van der Waals surface area contributed by atoms with Crippen molar-refractivity contribution >= 4 is 17.3 Å². The number of thiazole rings is 1. The molecule has 0 amide bonds. The van der Waals surface area contributed by atoms with Gasteiger partial charge in [-0.1, -0.05) is 0 Å². The monoisotopic (exact) mass is 250 g/mol. The number of anilines is 1. The summed E-state index contributed by atoms with van der Waals surface area (Å²) < 4.78 is 5.49. The predicted molar refractivity (Wildman–Crippen MR) is 67.2 cm³/mol. The number of rotatable bonds is 5.